The molecule has 0 radical (unpaired) electrons. The Labute approximate surface area is 174 Å². The number of ether oxygens (including phenoxy) is 2. The Morgan fingerprint density at radius 3 is 2.76 bits per heavy atom. The van der Waals surface area contributed by atoms with Gasteiger partial charge in [0.2, 0.25) is 5.91 Å². The monoisotopic (exact) mass is 404 g/mol. The lowest BCUT2D eigenvalue weighted by atomic mass is 9.93. The summed E-state index contributed by atoms with van der Waals surface area (Å²) in [5.41, 5.74) is 1.12. The van der Waals surface area contributed by atoms with E-state index in [0.717, 1.165) is 56.2 Å². The van der Waals surface area contributed by atoms with Crippen LogP contribution in [0.25, 0.3) is 0 Å². The van der Waals surface area contributed by atoms with Crippen LogP contribution in [0.5, 0.6) is 5.75 Å². The predicted molar refractivity (Wildman–Crippen MR) is 116 cm³/mol. The van der Waals surface area contributed by atoms with E-state index in [2.05, 4.69) is 34.6 Å². The molecule has 1 fully saturated rings. The number of nitrogens with zero attached hydrogens (tertiary/aromatic N) is 2. The lowest BCUT2D eigenvalue weighted by Crippen LogP contribution is -2.46. The number of piperidine rings is 1. The Balaban J connectivity index is 1.90. The van der Waals surface area contributed by atoms with E-state index < -0.39 is 0 Å². The first-order valence-corrected chi connectivity index (χ1v) is 10.6. The Hall–Kier alpha value is -2.28. The molecule has 0 aliphatic carbocycles. The highest BCUT2D eigenvalue weighted by Gasteiger charge is 2.23. The number of benzene rings is 1. The summed E-state index contributed by atoms with van der Waals surface area (Å²) < 4.78 is 10.8. The van der Waals surface area contributed by atoms with Crippen LogP contribution in [-0.2, 0) is 16.1 Å². The van der Waals surface area contributed by atoms with Crippen LogP contribution in [0.4, 0.5) is 0 Å². The van der Waals surface area contributed by atoms with E-state index in [1.165, 1.54) is 0 Å². The maximum absolute atomic E-state index is 11.6. The van der Waals surface area contributed by atoms with E-state index in [1.807, 2.05) is 12.1 Å². The maximum atomic E-state index is 11.6. The largest absolute Gasteiger partial charge is 0.493 e. The van der Waals surface area contributed by atoms with E-state index >= 15 is 0 Å². The zero-order valence-corrected chi connectivity index (χ0v) is 18.1. The van der Waals surface area contributed by atoms with Crippen molar-refractivity contribution in [2.24, 2.45) is 10.9 Å². The average Bonchev–Trinajstić information content (AvgIpc) is 2.75. The summed E-state index contributed by atoms with van der Waals surface area (Å²) >= 11 is 0. The van der Waals surface area contributed by atoms with Gasteiger partial charge in [0.05, 0.1) is 13.2 Å². The van der Waals surface area contributed by atoms with E-state index in [9.17, 15) is 4.79 Å². The summed E-state index contributed by atoms with van der Waals surface area (Å²) in [5.74, 6) is 2.40. The average molecular weight is 405 g/mol. The molecule has 1 heterocycles. The van der Waals surface area contributed by atoms with Crippen LogP contribution >= 0.6 is 0 Å². The molecular weight excluding hydrogens is 368 g/mol. The van der Waals surface area contributed by atoms with Crippen LogP contribution in [0.1, 0.15) is 38.2 Å². The summed E-state index contributed by atoms with van der Waals surface area (Å²) in [6, 6.07) is 8.11. The van der Waals surface area contributed by atoms with Crippen LogP contribution in [0.2, 0.25) is 0 Å². The van der Waals surface area contributed by atoms with E-state index in [4.69, 9.17) is 14.5 Å². The van der Waals surface area contributed by atoms with Gasteiger partial charge in [0.15, 0.2) is 5.96 Å². The van der Waals surface area contributed by atoms with Crippen molar-refractivity contribution in [3.8, 4) is 5.75 Å². The zero-order valence-electron chi connectivity index (χ0n) is 18.1. The second-order valence-corrected chi connectivity index (χ2v) is 7.32. The van der Waals surface area contributed by atoms with Gasteiger partial charge in [-0.1, -0.05) is 12.1 Å². The molecule has 7 heteroatoms. The molecule has 0 aromatic heterocycles. The minimum atomic E-state index is 0.133. The number of guanidine groups is 1. The van der Waals surface area contributed by atoms with Crippen molar-refractivity contribution in [3.63, 3.8) is 0 Å². The minimum absolute atomic E-state index is 0.133. The van der Waals surface area contributed by atoms with Gasteiger partial charge in [-0.2, -0.15) is 0 Å². The summed E-state index contributed by atoms with van der Waals surface area (Å²) in [6.07, 6.45) is 3.53. The number of carbonyl (C=O) groups is 1. The third kappa shape index (κ3) is 8.31. The fourth-order valence-corrected chi connectivity index (χ4v) is 3.43. The SMILES string of the molecule is CCNC(=NCc1cccc(OCCCOC)c1)N1CCC(CC(=O)NC)CC1. The first kappa shape index (κ1) is 23.0. The van der Waals surface area contributed by atoms with Gasteiger partial charge < -0.3 is 25.0 Å². The summed E-state index contributed by atoms with van der Waals surface area (Å²) in [6.45, 7) is 6.73. The van der Waals surface area contributed by atoms with Gasteiger partial charge >= 0.3 is 0 Å². The number of nitrogens with one attached hydrogen (secondary N) is 2. The standard InChI is InChI=1S/C22H36N4O3/c1-4-24-22(26-11-9-18(10-12-26)16-21(27)23-2)25-17-19-7-5-8-20(15-19)29-14-6-13-28-3/h5,7-8,15,18H,4,6,9-14,16-17H2,1-3H3,(H,23,27)(H,24,25). The summed E-state index contributed by atoms with van der Waals surface area (Å²) in [7, 11) is 3.40. The van der Waals surface area contributed by atoms with Gasteiger partial charge in [0, 0.05) is 53.2 Å². The molecule has 1 aromatic carbocycles. The van der Waals surface area contributed by atoms with E-state index in [1.54, 1.807) is 14.2 Å². The number of carbonyl (C=O) groups excluding carboxylic acids is 1. The molecule has 2 rings (SSSR count). The fraction of sp³-hybridized carbons (Fsp3) is 0.636. The van der Waals surface area contributed by atoms with Gasteiger partial charge in [0.25, 0.3) is 0 Å². The van der Waals surface area contributed by atoms with Crippen molar-refractivity contribution < 1.29 is 14.3 Å². The van der Waals surface area contributed by atoms with Crippen LogP contribution < -0.4 is 15.4 Å². The molecule has 0 spiro atoms. The van der Waals surface area contributed by atoms with Crippen LogP contribution in [0, 0.1) is 5.92 Å². The smallest absolute Gasteiger partial charge is 0.220 e. The van der Waals surface area contributed by atoms with Crippen molar-refractivity contribution in [1.82, 2.24) is 15.5 Å². The molecule has 0 bridgehead atoms. The lowest BCUT2D eigenvalue weighted by Gasteiger charge is -2.34. The van der Waals surface area contributed by atoms with E-state index in [0.29, 0.717) is 32.1 Å². The molecular formula is C22H36N4O3. The number of hydrogen-bond donors (Lipinski definition) is 2. The Kier molecular flexibility index (Phi) is 10.3. The molecule has 0 unspecified atom stereocenters. The van der Waals surface area contributed by atoms with Gasteiger partial charge in [-0.05, 0) is 43.4 Å². The fourth-order valence-electron chi connectivity index (χ4n) is 3.43. The number of likely N-dealkylation sites (tertiary alicyclic amines) is 1. The van der Waals surface area contributed by atoms with Crippen molar-refractivity contribution >= 4 is 11.9 Å². The second kappa shape index (κ2) is 13.0. The maximum Gasteiger partial charge on any atom is 0.220 e. The van der Waals surface area contributed by atoms with Crippen molar-refractivity contribution in [2.75, 3.05) is 47.0 Å². The molecule has 1 amide bonds. The molecule has 1 aliphatic heterocycles. The summed E-state index contributed by atoms with van der Waals surface area (Å²) in [5, 5.41) is 6.13. The second-order valence-electron chi connectivity index (χ2n) is 7.32. The molecule has 1 aromatic rings. The van der Waals surface area contributed by atoms with Gasteiger partial charge in [0.1, 0.15) is 5.75 Å². The third-order valence-electron chi connectivity index (χ3n) is 5.07. The Morgan fingerprint density at radius 2 is 2.07 bits per heavy atom. The van der Waals surface area contributed by atoms with Crippen LogP contribution in [-0.4, -0.2) is 63.8 Å². The third-order valence-corrected chi connectivity index (χ3v) is 5.07. The predicted octanol–water partition coefficient (Wildman–Crippen LogP) is 2.42. The first-order valence-electron chi connectivity index (χ1n) is 10.6. The molecule has 1 aliphatic rings. The highest BCUT2D eigenvalue weighted by molar-refractivity contribution is 5.80. The molecule has 7 nitrogen and oxygen atoms in total. The van der Waals surface area contributed by atoms with Crippen molar-refractivity contribution in [1.29, 1.82) is 0 Å². The molecule has 1 saturated heterocycles. The zero-order chi connectivity index (χ0) is 20.9. The molecule has 2 N–H and O–H groups in total. The first-order chi connectivity index (χ1) is 14.2. The van der Waals surface area contributed by atoms with Gasteiger partial charge in [-0.15, -0.1) is 0 Å². The molecule has 162 valence electrons. The van der Waals surface area contributed by atoms with Crippen molar-refractivity contribution in [3.05, 3.63) is 29.8 Å². The van der Waals surface area contributed by atoms with Crippen molar-refractivity contribution in [2.45, 2.75) is 39.2 Å². The number of rotatable bonds is 10. The lowest BCUT2D eigenvalue weighted by molar-refractivity contribution is -0.121. The summed E-state index contributed by atoms with van der Waals surface area (Å²) in [4.78, 5) is 18.7. The Morgan fingerprint density at radius 1 is 1.28 bits per heavy atom. The minimum Gasteiger partial charge on any atom is -0.493 e. The number of methoxy groups -OCH3 is 1. The highest BCUT2D eigenvalue weighted by atomic mass is 16.5. The normalized spacial score (nSPS) is 15.3. The number of aliphatic imine (C=N–C) groups is 1. The quantitative estimate of drug-likeness (QED) is 0.356. The molecule has 0 atom stereocenters. The molecule has 29 heavy (non-hydrogen) atoms. The van der Waals surface area contributed by atoms with Gasteiger partial charge in [-0.25, -0.2) is 4.99 Å². The Bertz CT molecular complexity index is 643. The van der Waals surface area contributed by atoms with E-state index in [-0.39, 0.29) is 5.91 Å². The van der Waals surface area contributed by atoms with Crippen LogP contribution in [0.15, 0.2) is 29.3 Å². The number of amides is 1. The van der Waals surface area contributed by atoms with Gasteiger partial charge in [-0.3, -0.25) is 4.79 Å². The van der Waals surface area contributed by atoms with Crippen LogP contribution in [0.3, 0.4) is 0 Å². The molecule has 0 saturated carbocycles. The number of hydrogen-bond acceptors (Lipinski definition) is 4. The highest BCUT2D eigenvalue weighted by Crippen LogP contribution is 2.21. The topological polar surface area (TPSA) is 75.2 Å².